The normalized spacial score (nSPS) is 14.9. The molecule has 2 aromatic carbocycles. The van der Waals surface area contributed by atoms with Gasteiger partial charge in [0.1, 0.15) is 0 Å². The number of anilines is 1. The molecule has 0 spiro atoms. The molecule has 1 saturated carbocycles. The molecule has 0 aromatic heterocycles. The number of nitrogens with zero attached hydrogens (tertiary/aromatic N) is 1. The van der Waals surface area contributed by atoms with Gasteiger partial charge in [0.15, 0.2) is 5.78 Å². The second-order valence-electron chi connectivity index (χ2n) is 9.72. The average Bonchev–Trinajstić information content (AvgIpc) is 3.37. The molecule has 8 nitrogen and oxygen atoms in total. The topological polar surface area (TPSA) is 105 Å². The molecule has 0 aliphatic heterocycles. The van der Waals surface area contributed by atoms with E-state index in [1.165, 1.54) is 18.9 Å². The Morgan fingerprint density at radius 3 is 2.18 bits per heavy atom. The lowest BCUT2D eigenvalue weighted by Gasteiger charge is -2.31. The molecule has 0 saturated heterocycles. The summed E-state index contributed by atoms with van der Waals surface area (Å²) in [5.41, 5.74) is 0.935. The van der Waals surface area contributed by atoms with Crippen LogP contribution in [0.25, 0.3) is 0 Å². The molecule has 3 amide bonds. The predicted molar refractivity (Wildman–Crippen MR) is 148 cm³/mol. The minimum atomic E-state index is -0.694. The van der Waals surface area contributed by atoms with E-state index < -0.39 is 23.5 Å². The van der Waals surface area contributed by atoms with Crippen LogP contribution < -0.4 is 10.6 Å². The number of Topliss-reactive ketones (excluding diaryl/α,β-unsaturated/α-hetero) is 1. The molecule has 1 fully saturated rings. The Bertz CT molecular complexity index is 1160. The van der Waals surface area contributed by atoms with E-state index in [1.54, 1.807) is 49.5 Å². The molecule has 38 heavy (non-hydrogen) atoms. The second-order valence-corrected chi connectivity index (χ2v) is 10.5. The van der Waals surface area contributed by atoms with E-state index in [-0.39, 0.29) is 27.3 Å². The van der Waals surface area contributed by atoms with Crippen LogP contribution in [0, 0.1) is 5.41 Å². The minimum absolute atomic E-state index is 0.149. The van der Waals surface area contributed by atoms with Gasteiger partial charge in [0.25, 0.3) is 5.91 Å². The number of nitrogens with one attached hydrogen (secondary N) is 2. The summed E-state index contributed by atoms with van der Waals surface area (Å²) < 4.78 is 4.75. The smallest absolute Gasteiger partial charge is 0.409 e. The van der Waals surface area contributed by atoms with Gasteiger partial charge in [-0.1, -0.05) is 54.2 Å². The Labute approximate surface area is 233 Å². The first kappa shape index (κ1) is 29.5. The molecule has 204 valence electrons. The SMILES string of the molecule is COC(=O)N(C)CCC1(C(=O)NC(Cc2ccc(NC(=O)c3c(Cl)cccc3Cl)cc2)C(C)=O)CCCC1. The van der Waals surface area contributed by atoms with Crippen LogP contribution in [-0.2, 0) is 20.7 Å². The van der Waals surface area contributed by atoms with Crippen LogP contribution in [-0.4, -0.2) is 55.3 Å². The van der Waals surface area contributed by atoms with Crippen LogP contribution in [0.15, 0.2) is 42.5 Å². The second kappa shape index (κ2) is 13.1. The van der Waals surface area contributed by atoms with Crippen molar-refractivity contribution in [3.8, 4) is 0 Å². The molecule has 10 heteroatoms. The van der Waals surface area contributed by atoms with Gasteiger partial charge in [0.2, 0.25) is 5.91 Å². The maximum atomic E-state index is 13.4. The van der Waals surface area contributed by atoms with Crippen LogP contribution in [0.4, 0.5) is 10.5 Å². The molecule has 1 atom stereocenters. The summed E-state index contributed by atoms with van der Waals surface area (Å²) in [7, 11) is 2.96. The average molecular weight is 562 g/mol. The van der Waals surface area contributed by atoms with Gasteiger partial charge in [-0.15, -0.1) is 0 Å². The maximum Gasteiger partial charge on any atom is 0.409 e. The predicted octanol–water partition coefficient (Wildman–Crippen LogP) is 5.51. The molecule has 1 aliphatic rings. The quantitative estimate of drug-likeness (QED) is 0.398. The van der Waals surface area contributed by atoms with E-state index >= 15 is 0 Å². The zero-order valence-corrected chi connectivity index (χ0v) is 23.3. The number of carbonyl (C=O) groups excluding carboxylic acids is 4. The van der Waals surface area contributed by atoms with Crippen LogP contribution in [0.1, 0.15) is 54.9 Å². The van der Waals surface area contributed by atoms with E-state index in [9.17, 15) is 19.2 Å². The highest BCUT2D eigenvalue weighted by molar-refractivity contribution is 6.40. The molecular formula is C28H33Cl2N3O5. The number of halogens is 2. The largest absolute Gasteiger partial charge is 0.453 e. The molecule has 0 heterocycles. The van der Waals surface area contributed by atoms with Gasteiger partial charge in [-0.25, -0.2) is 4.79 Å². The summed E-state index contributed by atoms with van der Waals surface area (Å²) >= 11 is 12.2. The van der Waals surface area contributed by atoms with Crippen molar-refractivity contribution in [2.24, 2.45) is 5.41 Å². The Kier molecular flexibility index (Phi) is 10.2. The number of methoxy groups -OCH3 is 1. The van der Waals surface area contributed by atoms with Crippen molar-refractivity contribution in [3.05, 3.63) is 63.6 Å². The maximum absolute atomic E-state index is 13.4. The number of amides is 3. The lowest BCUT2D eigenvalue weighted by Crippen LogP contribution is -2.49. The first-order valence-corrected chi connectivity index (χ1v) is 13.3. The third-order valence-electron chi connectivity index (χ3n) is 7.09. The standard InChI is InChI=1S/C28H33Cl2N3O5/c1-18(34)23(32-26(36)28(13-4-5-14-28)15-16-33(2)27(37)38-3)17-19-9-11-20(12-10-19)31-25(35)24-21(29)7-6-8-22(24)30/h6-12,23H,4-5,13-17H2,1-3H3,(H,31,35)(H,32,36). The van der Waals surface area contributed by atoms with Crippen molar-refractivity contribution in [3.63, 3.8) is 0 Å². The Morgan fingerprint density at radius 1 is 1.03 bits per heavy atom. The summed E-state index contributed by atoms with van der Waals surface area (Å²) in [6, 6.07) is 11.2. The van der Waals surface area contributed by atoms with Crippen molar-refractivity contribution in [1.29, 1.82) is 0 Å². The van der Waals surface area contributed by atoms with Gasteiger partial charge in [-0.3, -0.25) is 14.4 Å². The molecule has 3 rings (SSSR count). The lowest BCUT2D eigenvalue weighted by atomic mass is 9.81. The van der Waals surface area contributed by atoms with Gasteiger partial charge in [0, 0.05) is 19.3 Å². The van der Waals surface area contributed by atoms with Gasteiger partial charge in [0.05, 0.1) is 34.2 Å². The fourth-order valence-corrected chi connectivity index (χ4v) is 5.32. The number of ketones is 1. The summed E-state index contributed by atoms with van der Waals surface area (Å²) in [4.78, 5) is 51.7. The third kappa shape index (κ3) is 7.26. The number of benzene rings is 2. The van der Waals surface area contributed by atoms with Gasteiger partial charge in [-0.05, 0) is 62.4 Å². The van der Waals surface area contributed by atoms with Crippen molar-refractivity contribution in [2.75, 3.05) is 26.0 Å². The van der Waals surface area contributed by atoms with Crippen molar-refractivity contribution >= 4 is 52.6 Å². The highest BCUT2D eigenvalue weighted by Gasteiger charge is 2.42. The van der Waals surface area contributed by atoms with Gasteiger partial charge >= 0.3 is 6.09 Å². The fraction of sp³-hybridized carbons (Fsp3) is 0.429. The van der Waals surface area contributed by atoms with E-state index in [2.05, 4.69) is 10.6 Å². The molecule has 1 unspecified atom stereocenters. The molecule has 2 aromatic rings. The van der Waals surface area contributed by atoms with Crippen LogP contribution in [0.3, 0.4) is 0 Å². The van der Waals surface area contributed by atoms with Crippen molar-refractivity contribution in [1.82, 2.24) is 10.2 Å². The van der Waals surface area contributed by atoms with E-state index in [0.717, 1.165) is 18.4 Å². The summed E-state index contributed by atoms with van der Waals surface area (Å²) in [5, 5.41) is 6.25. The first-order chi connectivity index (χ1) is 18.1. The van der Waals surface area contributed by atoms with Crippen LogP contribution in [0.2, 0.25) is 10.0 Å². The molecule has 1 aliphatic carbocycles. The number of carbonyl (C=O) groups is 4. The van der Waals surface area contributed by atoms with Crippen LogP contribution in [0.5, 0.6) is 0 Å². The summed E-state index contributed by atoms with van der Waals surface area (Å²) in [5.74, 6) is -0.736. The van der Waals surface area contributed by atoms with Crippen molar-refractivity contribution in [2.45, 2.75) is 51.5 Å². The molecular weight excluding hydrogens is 529 g/mol. The Balaban J connectivity index is 1.65. The summed E-state index contributed by atoms with van der Waals surface area (Å²) in [6.07, 6.45) is 3.63. The highest BCUT2D eigenvalue weighted by Crippen LogP contribution is 2.41. The highest BCUT2D eigenvalue weighted by atomic mass is 35.5. The number of ether oxygens (including phenoxy) is 1. The fourth-order valence-electron chi connectivity index (χ4n) is 4.75. The number of hydrogen-bond donors (Lipinski definition) is 2. The third-order valence-corrected chi connectivity index (χ3v) is 7.72. The monoisotopic (exact) mass is 561 g/mol. The van der Waals surface area contributed by atoms with E-state index in [4.69, 9.17) is 27.9 Å². The Morgan fingerprint density at radius 2 is 1.63 bits per heavy atom. The van der Waals surface area contributed by atoms with Gasteiger partial charge < -0.3 is 20.3 Å². The minimum Gasteiger partial charge on any atom is -0.453 e. The number of rotatable bonds is 10. The van der Waals surface area contributed by atoms with Crippen LogP contribution >= 0.6 is 23.2 Å². The zero-order chi connectivity index (χ0) is 27.9. The van der Waals surface area contributed by atoms with E-state index in [0.29, 0.717) is 37.9 Å². The first-order valence-electron chi connectivity index (χ1n) is 12.5. The van der Waals surface area contributed by atoms with E-state index in [1.807, 2.05) is 0 Å². The zero-order valence-electron chi connectivity index (χ0n) is 21.8. The Hall–Kier alpha value is -3.10. The lowest BCUT2D eigenvalue weighted by molar-refractivity contribution is -0.134. The molecule has 0 bridgehead atoms. The molecule has 2 N–H and O–H groups in total. The van der Waals surface area contributed by atoms with Crippen molar-refractivity contribution < 1.29 is 23.9 Å². The number of hydrogen-bond acceptors (Lipinski definition) is 5. The molecule has 0 radical (unpaired) electrons. The summed E-state index contributed by atoms with van der Waals surface area (Å²) in [6.45, 7) is 1.84. The van der Waals surface area contributed by atoms with Gasteiger partial charge in [-0.2, -0.15) is 0 Å².